The van der Waals surface area contributed by atoms with Crippen molar-refractivity contribution < 1.29 is 4.74 Å². The van der Waals surface area contributed by atoms with E-state index in [1.54, 1.807) is 10.9 Å². The molecule has 0 aliphatic carbocycles. The van der Waals surface area contributed by atoms with Gasteiger partial charge in [0.1, 0.15) is 5.60 Å². The van der Waals surface area contributed by atoms with Crippen molar-refractivity contribution in [2.75, 3.05) is 13.1 Å². The number of nitrogens with zero attached hydrogens (tertiary/aromatic N) is 3. The van der Waals surface area contributed by atoms with Crippen LogP contribution in [0.25, 0.3) is 5.69 Å². The first-order chi connectivity index (χ1) is 8.25. The van der Waals surface area contributed by atoms with Crippen LogP contribution in [-0.2, 0) is 0 Å². The molecular weight excluding hydrogens is 216 g/mol. The summed E-state index contributed by atoms with van der Waals surface area (Å²) in [6.07, 6.45) is 1.80. The van der Waals surface area contributed by atoms with Gasteiger partial charge in [0.25, 0.3) is 5.88 Å². The molecule has 1 saturated heterocycles. The van der Waals surface area contributed by atoms with Crippen molar-refractivity contribution in [3.8, 4) is 11.6 Å². The Bertz CT molecular complexity index is 504. The van der Waals surface area contributed by atoms with E-state index in [-0.39, 0.29) is 5.60 Å². The number of nitrogens with one attached hydrogen (secondary N) is 1. The fourth-order valence-electron chi connectivity index (χ4n) is 1.80. The third-order valence-corrected chi connectivity index (χ3v) is 2.84. The molecule has 0 spiro atoms. The molecule has 0 unspecified atom stereocenters. The lowest BCUT2D eigenvalue weighted by atomic mass is 10.0. The largest absolute Gasteiger partial charge is 0.466 e. The highest BCUT2D eigenvalue weighted by Crippen LogP contribution is 2.19. The Hall–Kier alpha value is -1.88. The summed E-state index contributed by atoms with van der Waals surface area (Å²) in [4.78, 5) is 0. The van der Waals surface area contributed by atoms with Crippen LogP contribution in [-0.4, -0.2) is 33.7 Å². The van der Waals surface area contributed by atoms with Crippen LogP contribution in [0.1, 0.15) is 6.92 Å². The number of ether oxygens (including phenoxy) is 1. The highest BCUT2D eigenvalue weighted by molar-refractivity contribution is 5.30. The molecule has 0 saturated carbocycles. The fraction of sp³-hybridized carbons (Fsp3) is 0.333. The molecule has 2 heterocycles. The lowest BCUT2D eigenvalue weighted by Gasteiger charge is -2.38. The normalized spacial score (nSPS) is 17.5. The van der Waals surface area contributed by atoms with Gasteiger partial charge in [-0.3, -0.25) is 0 Å². The zero-order valence-electron chi connectivity index (χ0n) is 9.63. The molecule has 1 N–H and O–H groups in total. The highest BCUT2D eigenvalue weighted by Gasteiger charge is 2.34. The minimum atomic E-state index is -0.141. The Morgan fingerprint density at radius 3 is 2.71 bits per heavy atom. The van der Waals surface area contributed by atoms with Gasteiger partial charge >= 0.3 is 0 Å². The summed E-state index contributed by atoms with van der Waals surface area (Å²) in [5, 5.41) is 11.3. The average Bonchev–Trinajstić information content (AvgIpc) is 2.77. The van der Waals surface area contributed by atoms with Crippen molar-refractivity contribution in [1.82, 2.24) is 20.3 Å². The van der Waals surface area contributed by atoms with E-state index in [1.165, 1.54) is 0 Å². The van der Waals surface area contributed by atoms with E-state index in [0.717, 1.165) is 18.8 Å². The zero-order chi connectivity index (χ0) is 11.7. The summed E-state index contributed by atoms with van der Waals surface area (Å²) in [6.45, 7) is 3.77. The minimum absolute atomic E-state index is 0.141. The summed E-state index contributed by atoms with van der Waals surface area (Å²) < 4.78 is 7.50. The van der Waals surface area contributed by atoms with Crippen LogP contribution in [0.2, 0.25) is 0 Å². The Kier molecular flexibility index (Phi) is 2.33. The molecule has 2 aromatic rings. The van der Waals surface area contributed by atoms with Gasteiger partial charge in [0.05, 0.1) is 11.9 Å². The molecule has 0 radical (unpaired) electrons. The highest BCUT2D eigenvalue weighted by atomic mass is 16.5. The first-order valence-electron chi connectivity index (χ1n) is 5.63. The molecule has 0 atom stereocenters. The molecule has 0 bridgehead atoms. The van der Waals surface area contributed by atoms with Gasteiger partial charge in [0.2, 0.25) is 0 Å². The van der Waals surface area contributed by atoms with Crippen LogP contribution in [0.5, 0.6) is 5.88 Å². The summed E-state index contributed by atoms with van der Waals surface area (Å²) in [5.74, 6) is 0.567. The van der Waals surface area contributed by atoms with Crippen LogP contribution in [0.4, 0.5) is 0 Å². The SMILES string of the molecule is CC1(Oc2cn(-c3ccccc3)nn2)CNC1. The number of hydrogen-bond donors (Lipinski definition) is 1. The molecule has 1 aliphatic heterocycles. The fourth-order valence-corrected chi connectivity index (χ4v) is 1.80. The number of benzene rings is 1. The Labute approximate surface area is 99.4 Å². The number of aromatic nitrogens is 3. The van der Waals surface area contributed by atoms with Gasteiger partial charge in [-0.25, -0.2) is 4.68 Å². The molecule has 5 nitrogen and oxygen atoms in total. The van der Waals surface area contributed by atoms with Crippen molar-refractivity contribution in [3.63, 3.8) is 0 Å². The lowest BCUT2D eigenvalue weighted by molar-refractivity contribution is 0.0303. The molecule has 1 fully saturated rings. The Balaban J connectivity index is 1.79. The molecule has 1 aromatic heterocycles. The molecule has 1 aromatic carbocycles. The Morgan fingerprint density at radius 2 is 2.06 bits per heavy atom. The molecule has 88 valence electrons. The zero-order valence-corrected chi connectivity index (χ0v) is 9.63. The molecular formula is C12H14N4O. The summed E-state index contributed by atoms with van der Waals surface area (Å²) in [5.41, 5.74) is 0.837. The quantitative estimate of drug-likeness (QED) is 0.855. The minimum Gasteiger partial charge on any atom is -0.466 e. The topological polar surface area (TPSA) is 52.0 Å². The predicted molar refractivity (Wildman–Crippen MR) is 63.3 cm³/mol. The standard InChI is InChI=1S/C12H14N4O/c1-12(8-13-9-12)17-11-7-16(15-14-11)10-5-3-2-4-6-10/h2-7,13H,8-9H2,1H3. The van der Waals surface area contributed by atoms with E-state index >= 15 is 0 Å². The number of rotatable bonds is 3. The van der Waals surface area contributed by atoms with Crippen molar-refractivity contribution in [1.29, 1.82) is 0 Å². The number of hydrogen-bond acceptors (Lipinski definition) is 4. The predicted octanol–water partition coefficient (Wildman–Crippen LogP) is 1.01. The van der Waals surface area contributed by atoms with E-state index < -0.39 is 0 Å². The van der Waals surface area contributed by atoms with Gasteiger partial charge < -0.3 is 10.1 Å². The second-order valence-corrected chi connectivity index (χ2v) is 4.49. The van der Waals surface area contributed by atoms with Crippen molar-refractivity contribution in [3.05, 3.63) is 36.5 Å². The van der Waals surface area contributed by atoms with Gasteiger partial charge in [-0.1, -0.05) is 28.5 Å². The van der Waals surface area contributed by atoms with E-state index in [4.69, 9.17) is 4.74 Å². The first-order valence-corrected chi connectivity index (χ1v) is 5.63. The molecule has 1 aliphatic rings. The molecule has 17 heavy (non-hydrogen) atoms. The average molecular weight is 230 g/mol. The second kappa shape index (κ2) is 3.85. The summed E-state index contributed by atoms with van der Waals surface area (Å²) in [6, 6.07) is 9.86. The third kappa shape index (κ3) is 2.01. The van der Waals surface area contributed by atoms with E-state index in [9.17, 15) is 0 Å². The van der Waals surface area contributed by atoms with Crippen LogP contribution in [0.15, 0.2) is 36.5 Å². The van der Waals surface area contributed by atoms with Crippen molar-refractivity contribution in [2.24, 2.45) is 0 Å². The maximum atomic E-state index is 5.78. The summed E-state index contributed by atoms with van der Waals surface area (Å²) >= 11 is 0. The van der Waals surface area contributed by atoms with Crippen LogP contribution in [0.3, 0.4) is 0 Å². The van der Waals surface area contributed by atoms with Crippen LogP contribution < -0.4 is 10.1 Å². The van der Waals surface area contributed by atoms with Crippen molar-refractivity contribution in [2.45, 2.75) is 12.5 Å². The maximum absolute atomic E-state index is 5.78. The molecule has 3 rings (SSSR count). The number of para-hydroxylation sites is 1. The van der Waals surface area contributed by atoms with Crippen molar-refractivity contribution >= 4 is 0 Å². The smallest absolute Gasteiger partial charge is 0.254 e. The van der Waals surface area contributed by atoms with Gasteiger partial charge in [-0.15, -0.1) is 0 Å². The first kappa shape index (κ1) is 10.3. The van der Waals surface area contributed by atoms with Gasteiger partial charge in [-0.2, -0.15) is 0 Å². The monoisotopic (exact) mass is 230 g/mol. The van der Waals surface area contributed by atoms with Gasteiger partial charge in [0.15, 0.2) is 0 Å². The van der Waals surface area contributed by atoms with E-state index in [1.807, 2.05) is 30.3 Å². The lowest BCUT2D eigenvalue weighted by Crippen LogP contribution is -2.61. The van der Waals surface area contributed by atoms with Gasteiger partial charge in [-0.05, 0) is 19.1 Å². The van der Waals surface area contributed by atoms with Gasteiger partial charge in [0, 0.05) is 13.1 Å². The maximum Gasteiger partial charge on any atom is 0.254 e. The Morgan fingerprint density at radius 1 is 1.29 bits per heavy atom. The van der Waals surface area contributed by atoms with Crippen LogP contribution in [0, 0.1) is 0 Å². The van der Waals surface area contributed by atoms with E-state index in [0.29, 0.717) is 5.88 Å². The second-order valence-electron chi connectivity index (χ2n) is 4.49. The van der Waals surface area contributed by atoms with E-state index in [2.05, 4.69) is 22.6 Å². The van der Waals surface area contributed by atoms with Crippen LogP contribution >= 0.6 is 0 Å². The summed E-state index contributed by atoms with van der Waals surface area (Å²) in [7, 11) is 0. The molecule has 0 amide bonds. The third-order valence-electron chi connectivity index (χ3n) is 2.84. The molecule has 5 heteroatoms.